The molecule has 1 atom stereocenters. The molecule has 3 aromatic rings. The monoisotopic (exact) mass is 446 g/mol. The number of hydrogen-bond donors (Lipinski definition) is 2. The summed E-state index contributed by atoms with van der Waals surface area (Å²) in [6.07, 6.45) is 0.543. The first-order valence-electron chi connectivity index (χ1n) is 9.20. The van der Waals surface area contributed by atoms with Crippen molar-refractivity contribution < 1.29 is 17.9 Å². The van der Waals surface area contributed by atoms with Gasteiger partial charge in [-0.25, -0.2) is 13.1 Å². The van der Waals surface area contributed by atoms with E-state index in [0.29, 0.717) is 17.7 Å². The predicted octanol–water partition coefficient (Wildman–Crippen LogP) is 3.54. The van der Waals surface area contributed by atoms with E-state index < -0.39 is 16.1 Å². The summed E-state index contributed by atoms with van der Waals surface area (Å²) in [4.78, 5) is 12.3. The molecule has 0 spiro atoms. The normalized spacial score (nSPS) is 12.4. The van der Waals surface area contributed by atoms with Gasteiger partial charge in [-0.05, 0) is 43.2 Å². The highest BCUT2D eigenvalue weighted by molar-refractivity contribution is 7.91. The molecule has 0 saturated carbocycles. The first-order chi connectivity index (χ1) is 14.3. The lowest BCUT2D eigenvalue weighted by molar-refractivity contribution is 0.102. The molecule has 3 rings (SSSR count). The summed E-state index contributed by atoms with van der Waals surface area (Å²) >= 11 is 0.796. The van der Waals surface area contributed by atoms with Crippen molar-refractivity contribution in [3.05, 3.63) is 65.2 Å². The molecule has 0 aliphatic carbocycles. The van der Waals surface area contributed by atoms with Gasteiger partial charge < -0.3 is 4.74 Å². The Morgan fingerprint density at radius 1 is 1.17 bits per heavy atom. The van der Waals surface area contributed by atoms with Crippen LogP contribution in [0.15, 0.2) is 52.9 Å². The van der Waals surface area contributed by atoms with E-state index in [2.05, 4.69) is 20.2 Å². The van der Waals surface area contributed by atoms with E-state index in [4.69, 9.17) is 4.74 Å². The van der Waals surface area contributed by atoms with E-state index in [1.54, 1.807) is 37.4 Å². The Morgan fingerprint density at radius 2 is 1.90 bits per heavy atom. The largest absolute Gasteiger partial charge is 0.497 e. The third kappa shape index (κ3) is 5.21. The Balaban J connectivity index is 1.73. The van der Waals surface area contributed by atoms with Crippen molar-refractivity contribution in [2.24, 2.45) is 0 Å². The summed E-state index contributed by atoms with van der Waals surface area (Å²) in [6, 6.07) is 13.8. The van der Waals surface area contributed by atoms with E-state index in [-0.39, 0.29) is 15.4 Å². The van der Waals surface area contributed by atoms with Gasteiger partial charge in [-0.15, -0.1) is 10.2 Å². The number of methoxy groups -OCH3 is 1. The Morgan fingerprint density at radius 3 is 2.53 bits per heavy atom. The van der Waals surface area contributed by atoms with Crippen LogP contribution in [0, 0.1) is 6.92 Å². The number of hydrogen-bond acceptors (Lipinski definition) is 7. The highest BCUT2D eigenvalue weighted by Gasteiger charge is 2.25. The molecular formula is C20H22N4O4S2. The quantitative estimate of drug-likeness (QED) is 0.512. The molecule has 158 valence electrons. The van der Waals surface area contributed by atoms with E-state index >= 15 is 0 Å². The first kappa shape index (κ1) is 21.9. The lowest BCUT2D eigenvalue weighted by Gasteiger charge is -2.16. The van der Waals surface area contributed by atoms with Crippen LogP contribution in [0.2, 0.25) is 0 Å². The summed E-state index contributed by atoms with van der Waals surface area (Å²) in [5.41, 5.74) is 2.20. The number of benzene rings is 2. The molecule has 0 fully saturated rings. The first-order valence-corrected chi connectivity index (χ1v) is 11.5. The van der Waals surface area contributed by atoms with Crippen LogP contribution in [0.3, 0.4) is 0 Å². The Labute approximate surface area is 179 Å². The van der Waals surface area contributed by atoms with Gasteiger partial charge in [0, 0.05) is 11.6 Å². The average molecular weight is 447 g/mol. The maximum Gasteiger partial charge on any atom is 0.270 e. The second kappa shape index (κ2) is 9.33. The second-order valence-corrected chi connectivity index (χ2v) is 9.42. The molecule has 2 aromatic carbocycles. The van der Waals surface area contributed by atoms with Crippen LogP contribution in [0.25, 0.3) is 0 Å². The van der Waals surface area contributed by atoms with Crippen LogP contribution in [0.1, 0.15) is 40.9 Å². The van der Waals surface area contributed by atoms with Gasteiger partial charge in [0.1, 0.15) is 5.75 Å². The van der Waals surface area contributed by atoms with Gasteiger partial charge in [0.05, 0.1) is 7.11 Å². The van der Waals surface area contributed by atoms with Gasteiger partial charge >= 0.3 is 0 Å². The van der Waals surface area contributed by atoms with Gasteiger partial charge in [-0.3, -0.25) is 10.1 Å². The Hall–Kier alpha value is -2.82. The van der Waals surface area contributed by atoms with Gasteiger partial charge in [-0.2, -0.15) is 0 Å². The fourth-order valence-corrected chi connectivity index (χ4v) is 5.00. The van der Waals surface area contributed by atoms with Gasteiger partial charge in [0.2, 0.25) is 9.47 Å². The van der Waals surface area contributed by atoms with E-state index in [1.807, 2.05) is 32.0 Å². The molecule has 1 unspecified atom stereocenters. The highest BCUT2D eigenvalue weighted by Crippen LogP contribution is 2.25. The van der Waals surface area contributed by atoms with Gasteiger partial charge in [0.25, 0.3) is 15.9 Å². The molecule has 10 heteroatoms. The zero-order chi connectivity index (χ0) is 21.7. The number of amides is 1. The zero-order valence-corrected chi connectivity index (χ0v) is 18.4. The molecule has 0 saturated heterocycles. The molecule has 0 bridgehead atoms. The molecule has 8 nitrogen and oxygen atoms in total. The van der Waals surface area contributed by atoms with E-state index in [0.717, 1.165) is 22.5 Å². The zero-order valence-electron chi connectivity index (χ0n) is 16.7. The maximum absolute atomic E-state index is 12.8. The molecular weight excluding hydrogens is 424 g/mol. The van der Waals surface area contributed by atoms with Crippen molar-refractivity contribution in [1.82, 2.24) is 14.9 Å². The second-order valence-electron chi connectivity index (χ2n) is 6.55. The van der Waals surface area contributed by atoms with Crippen LogP contribution in [-0.4, -0.2) is 31.6 Å². The smallest absolute Gasteiger partial charge is 0.270 e. The van der Waals surface area contributed by atoms with E-state index in [1.165, 1.54) is 0 Å². The van der Waals surface area contributed by atoms with E-state index in [9.17, 15) is 13.2 Å². The number of aromatic nitrogens is 2. The molecule has 2 N–H and O–H groups in total. The standard InChI is InChI=1S/C20H22N4O4S2/c1-4-17(14-8-10-16(28-3)11-9-14)24-30(26,27)20-23-22-19(29-20)21-18(25)15-7-5-6-13(2)12-15/h5-12,17,24H,4H2,1-3H3,(H,21,22,25). The minimum atomic E-state index is -3.91. The lowest BCUT2D eigenvalue weighted by atomic mass is 10.1. The molecule has 1 heterocycles. The number of nitrogens with one attached hydrogen (secondary N) is 2. The summed E-state index contributed by atoms with van der Waals surface area (Å²) in [6.45, 7) is 3.76. The number of ether oxygens (including phenoxy) is 1. The van der Waals surface area contributed by atoms with Crippen molar-refractivity contribution in [1.29, 1.82) is 0 Å². The minimum absolute atomic E-state index is 0.111. The molecule has 1 aromatic heterocycles. The topological polar surface area (TPSA) is 110 Å². The summed E-state index contributed by atoms with van der Waals surface area (Å²) in [5.74, 6) is 0.311. The molecule has 0 radical (unpaired) electrons. The maximum atomic E-state index is 12.8. The number of rotatable bonds is 8. The Bertz CT molecular complexity index is 1130. The average Bonchev–Trinajstić information content (AvgIpc) is 3.21. The van der Waals surface area contributed by atoms with Crippen LogP contribution >= 0.6 is 11.3 Å². The number of nitrogens with zero attached hydrogens (tertiary/aromatic N) is 2. The fraction of sp³-hybridized carbons (Fsp3) is 0.250. The molecule has 0 aliphatic heterocycles. The summed E-state index contributed by atoms with van der Waals surface area (Å²) < 4.78 is 33.1. The summed E-state index contributed by atoms with van der Waals surface area (Å²) in [7, 11) is -2.34. The highest BCUT2D eigenvalue weighted by atomic mass is 32.2. The number of anilines is 1. The van der Waals surface area contributed by atoms with Crippen LogP contribution < -0.4 is 14.8 Å². The summed E-state index contributed by atoms with van der Waals surface area (Å²) in [5, 5.41) is 10.2. The molecule has 30 heavy (non-hydrogen) atoms. The van der Waals surface area contributed by atoms with Crippen LogP contribution in [0.5, 0.6) is 5.75 Å². The van der Waals surface area contributed by atoms with Gasteiger partial charge in [0.15, 0.2) is 0 Å². The third-order valence-electron chi connectivity index (χ3n) is 4.36. The molecule has 0 aliphatic rings. The van der Waals surface area contributed by atoms with Crippen LogP contribution in [0.4, 0.5) is 5.13 Å². The minimum Gasteiger partial charge on any atom is -0.497 e. The third-order valence-corrected chi connectivity index (χ3v) is 7.04. The predicted molar refractivity (Wildman–Crippen MR) is 115 cm³/mol. The Kier molecular flexibility index (Phi) is 6.80. The fourth-order valence-electron chi connectivity index (χ4n) is 2.79. The lowest BCUT2D eigenvalue weighted by Crippen LogP contribution is -2.28. The van der Waals surface area contributed by atoms with Crippen molar-refractivity contribution in [3.63, 3.8) is 0 Å². The number of aryl methyl sites for hydroxylation is 1. The van der Waals surface area contributed by atoms with Crippen molar-refractivity contribution in [2.45, 2.75) is 30.6 Å². The van der Waals surface area contributed by atoms with Crippen molar-refractivity contribution in [2.75, 3.05) is 12.4 Å². The number of sulfonamides is 1. The molecule has 1 amide bonds. The van der Waals surface area contributed by atoms with Crippen molar-refractivity contribution >= 4 is 32.4 Å². The van der Waals surface area contributed by atoms with Crippen LogP contribution in [-0.2, 0) is 10.0 Å². The van der Waals surface area contributed by atoms with Gasteiger partial charge in [-0.1, -0.05) is 48.1 Å². The number of carbonyl (C=O) groups is 1. The van der Waals surface area contributed by atoms with Crippen molar-refractivity contribution in [3.8, 4) is 5.75 Å². The number of carbonyl (C=O) groups excluding carboxylic acids is 1. The SMILES string of the molecule is CCC(NS(=O)(=O)c1nnc(NC(=O)c2cccc(C)c2)s1)c1ccc(OC)cc1.